The lowest BCUT2D eigenvalue weighted by Gasteiger charge is -2.49. The van der Waals surface area contributed by atoms with Crippen molar-refractivity contribution in [2.45, 2.75) is 30.1 Å². The van der Waals surface area contributed by atoms with Gasteiger partial charge < -0.3 is 9.80 Å². The summed E-state index contributed by atoms with van der Waals surface area (Å²) in [5.74, 6) is 0. The molecule has 0 amide bonds. The first-order valence-corrected chi connectivity index (χ1v) is 8.22. The van der Waals surface area contributed by atoms with E-state index in [0.717, 1.165) is 22.6 Å². The normalized spacial score (nSPS) is 17.4. The first-order valence-electron chi connectivity index (χ1n) is 6.72. The van der Waals surface area contributed by atoms with Crippen molar-refractivity contribution in [2.24, 2.45) is 0 Å². The molecule has 4 heteroatoms. The zero-order chi connectivity index (χ0) is 14.0. The van der Waals surface area contributed by atoms with Gasteiger partial charge in [-0.1, -0.05) is 39.7 Å². The Bertz CT molecular complexity index is 444. The molecule has 2 nitrogen and oxygen atoms in total. The molecule has 0 N–H and O–H groups in total. The van der Waals surface area contributed by atoms with E-state index < -0.39 is 0 Å². The van der Waals surface area contributed by atoms with Gasteiger partial charge >= 0.3 is 0 Å². The van der Waals surface area contributed by atoms with Crippen LogP contribution in [0.3, 0.4) is 0 Å². The summed E-state index contributed by atoms with van der Waals surface area (Å²) < 4.78 is 0. The second kappa shape index (κ2) is 6.02. The molecule has 0 atom stereocenters. The lowest BCUT2D eigenvalue weighted by Crippen LogP contribution is -2.56. The van der Waals surface area contributed by atoms with Crippen LogP contribution in [0, 0.1) is 0 Å². The summed E-state index contributed by atoms with van der Waals surface area (Å²) in [6, 6.07) is 6.12. The average Bonchev–Trinajstić information content (AvgIpc) is 2.32. The molecule has 2 rings (SSSR count). The van der Waals surface area contributed by atoms with Crippen LogP contribution in [0.1, 0.15) is 24.8 Å². The van der Waals surface area contributed by atoms with E-state index in [0.29, 0.717) is 5.54 Å². The molecule has 0 aliphatic heterocycles. The number of nitrogens with zero attached hydrogens (tertiary/aromatic N) is 2. The predicted octanol–water partition coefficient (Wildman–Crippen LogP) is 4.16. The van der Waals surface area contributed by atoms with E-state index in [1.807, 2.05) is 12.1 Å². The highest BCUT2D eigenvalue weighted by Gasteiger charge is 2.40. The molecule has 0 radical (unpaired) electrons. The van der Waals surface area contributed by atoms with E-state index in [4.69, 9.17) is 11.6 Å². The van der Waals surface area contributed by atoms with Crippen LogP contribution in [0.15, 0.2) is 18.2 Å². The number of hydrogen-bond donors (Lipinski definition) is 0. The second-order valence-corrected chi connectivity index (χ2v) is 6.68. The monoisotopic (exact) mass is 344 g/mol. The molecule has 0 unspecified atom stereocenters. The molecule has 0 heterocycles. The van der Waals surface area contributed by atoms with Crippen LogP contribution in [-0.4, -0.2) is 38.1 Å². The minimum Gasteiger partial charge on any atom is -0.371 e. The molecular formula is C15H22BrClN2. The molecule has 0 aromatic heterocycles. The number of anilines is 1. The van der Waals surface area contributed by atoms with Crippen LogP contribution in [0.5, 0.6) is 0 Å². The molecule has 0 bridgehead atoms. The number of alkyl halides is 1. The Kier molecular flexibility index (Phi) is 4.80. The second-order valence-electron chi connectivity index (χ2n) is 5.71. The minimum absolute atomic E-state index is 0.317. The predicted molar refractivity (Wildman–Crippen MR) is 87.6 cm³/mol. The zero-order valence-corrected chi connectivity index (χ0v) is 14.3. The third kappa shape index (κ3) is 2.93. The molecule has 1 aliphatic carbocycles. The fraction of sp³-hybridized carbons (Fsp3) is 0.600. The van der Waals surface area contributed by atoms with Gasteiger partial charge in [0.05, 0.1) is 10.7 Å². The van der Waals surface area contributed by atoms with E-state index in [1.54, 1.807) is 0 Å². The van der Waals surface area contributed by atoms with Crippen molar-refractivity contribution in [1.82, 2.24) is 4.90 Å². The number of halogens is 2. The smallest absolute Gasteiger partial charge is 0.0642 e. The summed E-state index contributed by atoms with van der Waals surface area (Å²) in [7, 11) is 6.52. The number of para-hydroxylation sites is 1. The van der Waals surface area contributed by atoms with Gasteiger partial charge in [0.2, 0.25) is 0 Å². The molecule has 106 valence electrons. The van der Waals surface area contributed by atoms with Crippen LogP contribution in [-0.2, 0) is 5.33 Å². The molecule has 1 aromatic rings. The number of rotatable bonds is 5. The summed E-state index contributed by atoms with van der Waals surface area (Å²) in [5, 5.41) is 1.68. The number of hydrogen-bond acceptors (Lipinski definition) is 2. The van der Waals surface area contributed by atoms with Gasteiger partial charge in [-0.25, -0.2) is 0 Å². The van der Waals surface area contributed by atoms with Gasteiger partial charge in [-0.05, 0) is 45.0 Å². The van der Waals surface area contributed by atoms with Gasteiger partial charge in [0, 0.05) is 24.5 Å². The van der Waals surface area contributed by atoms with Gasteiger partial charge in [0.15, 0.2) is 0 Å². The first-order chi connectivity index (χ1) is 9.00. The average molecular weight is 346 g/mol. The number of benzene rings is 1. The van der Waals surface area contributed by atoms with Crippen molar-refractivity contribution in [3.8, 4) is 0 Å². The van der Waals surface area contributed by atoms with Crippen molar-refractivity contribution >= 4 is 33.2 Å². The van der Waals surface area contributed by atoms with E-state index in [2.05, 4.69) is 52.9 Å². The largest absolute Gasteiger partial charge is 0.371 e. The Hall–Kier alpha value is -0.250. The Labute approximate surface area is 129 Å². The van der Waals surface area contributed by atoms with Crippen molar-refractivity contribution < 1.29 is 0 Å². The topological polar surface area (TPSA) is 6.48 Å². The molecule has 0 saturated heterocycles. The molecule has 1 saturated carbocycles. The lowest BCUT2D eigenvalue weighted by molar-refractivity contribution is 0.0683. The number of likely N-dealkylation sites (N-methyl/N-ethyl adjacent to an activating group) is 2. The fourth-order valence-electron chi connectivity index (χ4n) is 2.95. The van der Waals surface area contributed by atoms with Crippen molar-refractivity contribution in [3.63, 3.8) is 0 Å². The Morgan fingerprint density at radius 2 is 1.95 bits per heavy atom. The van der Waals surface area contributed by atoms with Crippen LogP contribution in [0.4, 0.5) is 5.69 Å². The van der Waals surface area contributed by atoms with E-state index in [1.165, 1.54) is 24.8 Å². The van der Waals surface area contributed by atoms with Crippen LogP contribution < -0.4 is 4.90 Å². The maximum Gasteiger partial charge on any atom is 0.0642 e. The van der Waals surface area contributed by atoms with Crippen molar-refractivity contribution in [2.75, 3.05) is 32.6 Å². The standard InChI is InChI=1S/C15H22BrClN2/c1-18(2)15(8-5-9-15)11-19(3)14-12(10-16)6-4-7-13(14)17/h4,6-7H,5,8-11H2,1-3H3. The third-order valence-electron chi connectivity index (χ3n) is 4.36. The quantitative estimate of drug-likeness (QED) is 0.740. The van der Waals surface area contributed by atoms with E-state index >= 15 is 0 Å². The molecule has 1 fully saturated rings. The minimum atomic E-state index is 0.317. The summed E-state index contributed by atoms with van der Waals surface area (Å²) in [5.41, 5.74) is 2.73. The molecule has 19 heavy (non-hydrogen) atoms. The summed E-state index contributed by atoms with van der Waals surface area (Å²) in [6.07, 6.45) is 3.89. The summed E-state index contributed by atoms with van der Waals surface area (Å²) >= 11 is 9.95. The summed E-state index contributed by atoms with van der Waals surface area (Å²) in [4.78, 5) is 4.69. The van der Waals surface area contributed by atoms with Crippen molar-refractivity contribution in [3.05, 3.63) is 28.8 Å². The van der Waals surface area contributed by atoms with Crippen molar-refractivity contribution in [1.29, 1.82) is 0 Å². The Balaban J connectivity index is 2.22. The van der Waals surface area contributed by atoms with E-state index in [-0.39, 0.29) is 0 Å². The highest BCUT2D eigenvalue weighted by atomic mass is 79.9. The van der Waals surface area contributed by atoms with Crippen LogP contribution in [0.25, 0.3) is 0 Å². The Morgan fingerprint density at radius 1 is 1.26 bits per heavy atom. The SMILES string of the molecule is CN(CC1(N(C)C)CCC1)c1c(Cl)cccc1CBr. The van der Waals surface area contributed by atoms with Gasteiger partial charge in [-0.2, -0.15) is 0 Å². The van der Waals surface area contributed by atoms with Crippen LogP contribution in [0.2, 0.25) is 5.02 Å². The van der Waals surface area contributed by atoms with E-state index in [9.17, 15) is 0 Å². The third-order valence-corrected chi connectivity index (χ3v) is 5.27. The van der Waals surface area contributed by atoms with Crippen LogP contribution >= 0.6 is 27.5 Å². The maximum atomic E-state index is 6.40. The fourth-order valence-corrected chi connectivity index (χ4v) is 3.74. The lowest BCUT2D eigenvalue weighted by atomic mass is 9.75. The molecule has 0 spiro atoms. The maximum absolute atomic E-state index is 6.40. The van der Waals surface area contributed by atoms with Gasteiger partial charge in [0.25, 0.3) is 0 Å². The Morgan fingerprint density at radius 3 is 2.42 bits per heavy atom. The zero-order valence-electron chi connectivity index (χ0n) is 11.9. The highest BCUT2D eigenvalue weighted by molar-refractivity contribution is 9.08. The van der Waals surface area contributed by atoms with Gasteiger partial charge in [-0.15, -0.1) is 0 Å². The first kappa shape index (κ1) is 15.1. The molecule has 1 aromatic carbocycles. The molecular weight excluding hydrogens is 324 g/mol. The molecule has 1 aliphatic rings. The van der Waals surface area contributed by atoms with Gasteiger partial charge in [0.1, 0.15) is 0 Å². The highest BCUT2D eigenvalue weighted by Crippen LogP contribution is 2.39. The van der Waals surface area contributed by atoms with Gasteiger partial charge in [-0.3, -0.25) is 0 Å². The summed E-state index contributed by atoms with van der Waals surface area (Å²) in [6.45, 7) is 1.03.